The van der Waals surface area contributed by atoms with E-state index in [1.165, 1.54) is 0 Å². The molecule has 1 aliphatic carbocycles. The number of carbonyl (C=O) groups excluding carboxylic acids is 1. The van der Waals surface area contributed by atoms with Crippen LogP contribution in [-0.4, -0.2) is 32.9 Å². The first-order valence-electron chi connectivity index (χ1n) is 6.38. The van der Waals surface area contributed by atoms with Crippen LogP contribution < -0.4 is 5.32 Å². The molecule has 0 saturated heterocycles. The third-order valence-corrected chi connectivity index (χ3v) is 3.00. The van der Waals surface area contributed by atoms with E-state index in [0.717, 1.165) is 0 Å². The second-order valence-corrected chi connectivity index (χ2v) is 5.86. The van der Waals surface area contributed by atoms with Gasteiger partial charge in [-0.05, 0) is 39.2 Å². The van der Waals surface area contributed by atoms with Crippen molar-refractivity contribution in [1.29, 1.82) is 0 Å². The topological polar surface area (TPSA) is 67.2 Å². The lowest BCUT2D eigenvalue weighted by molar-refractivity contribution is -0.119. The van der Waals surface area contributed by atoms with Gasteiger partial charge < -0.3 is 10.4 Å². The third-order valence-electron chi connectivity index (χ3n) is 3.00. The zero-order valence-electron chi connectivity index (χ0n) is 11.4. The SMILES string of the molecule is CC(C)(C)C#CC(=O)N[C@H]1C[C@@H](O)[C@@H]1n1cccn1. The van der Waals surface area contributed by atoms with Crippen molar-refractivity contribution in [3.8, 4) is 11.8 Å². The lowest BCUT2D eigenvalue weighted by Gasteiger charge is -2.41. The number of rotatable bonds is 2. The Kier molecular flexibility index (Phi) is 3.63. The van der Waals surface area contributed by atoms with E-state index in [4.69, 9.17) is 0 Å². The van der Waals surface area contributed by atoms with Crippen LogP contribution in [0, 0.1) is 17.3 Å². The first kappa shape index (κ1) is 13.6. The van der Waals surface area contributed by atoms with Gasteiger partial charge in [-0.25, -0.2) is 0 Å². The van der Waals surface area contributed by atoms with Crippen molar-refractivity contribution in [3.05, 3.63) is 18.5 Å². The standard InChI is InChI=1S/C14H19N3O2/c1-14(2,3)6-5-12(19)16-10-9-11(18)13(10)17-8-4-7-15-17/h4,7-8,10-11,13,18H,9H2,1-3H3,(H,16,19)/t10-,11+,13+/m0/s1. The fourth-order valence-corrected chi connectivity index (χ4v) is 2.02. The van der Waals surface area contributed by atoms with Crippen LogP contribution in [0.3, 0.4) is 0 Å². The zero-order valence-corrected chi connectivity index (χ0v) is 11.4. The lowest BCUT2D eigenvalue weighted by atomic mass is 9.83. The Hall–Kier alpha value is -1.80. The van der Waals surface area contributed by atoms with Gasteiger partial charge >= 0.3 is 0 Å². The minimum absolute atomic E-state index is 0.114. The molecule has 2 N–H and O–H groups in total. The summed E-state index contributed by atoms with van der Waals surface area (Å²) in [6.45, 7) is 5.85. The van der Waals surface area contributed by atoms with Crippen molar-refractivity contribution in [2.24, 2.45) is 5.41 Å². The van der Waals surface area contributed by atoms with Crippen molar-refractivity contribution in [1.82, 2.24) is 15.1 Å². The van der Waals surface area contributed by atoms with E-state index in [1.807, 2.05) is 20.8 Å². The number of nitrogens with one attached hydrogen (secondary N) is 1. The summed E-state index contributed by atoms with van der Waals surface area (Å²) in [5.74, 6) is 5.18. The number of nitrogens with zero attached hydrogens (tertiary/aromatic N) is 2. The summed E-state index contributed by atoms with van der Waals surface area (Å²) in [6, 6.07) is 1.48. The summed E-state index contributed by atoms with van der Waals surface area (Å²) in [6.07, 6.45) is 3.50. The molecule has 5 nitrogen and oxygen atoms in total. The summed E-state index contributed by atoms with van der Waals surface area (Å²) in [5.41, 5.74) is -0.197. The Morgan fingerprint density at radius 3 is 2.79 bits per heavy atom. The molecular weight excluding hydrogens is 242 g/mol. The monoisotopic (exact) mass is 261 g/mol. The van der Waals surface area contributed by atoms with E-state index in [1.54, 1.807) is 23.1 Å². The van der Waals surface area contributed by atoms with Crippen molar-refractivity contribution >= 4 is 5.91 Å². The molecular formula is C14H19N3O2. The van der Waals surface area contributed by atoms with Gasteiger partial charge in [-0.15, -0.1) is 0 Å². The Morgan fingerprint density at radius 1 is 1.53 bits per heavy atom. The highest BCUT2D eigenvalue weighted by Crippen LogP contribution is 2.32. The molecule has 1 saturated carbocycles. The van der Waals surface area contributed by atoms with Gasteiger partial charge in [-0.3, -0.25) is 9.48 Å². The predicted octanol–water partition coefficient (Wildman–Crippen LogP) is 0.723. The van der Waals surface area contributed by atoms with Crippen molar-refractivity contribution < 1.29 is 9.90 Å². The molecule has 5 heteroatoms. The summed E-state index contributed by atoms with van der Waals surface area (Å²) in [7, 11) is 0. The van der Waals surface area contributed by atoms with Crippen LogP contribution in [0.2, 0.25) is 0 Å². The molecule has 19 heavy (non-hydrogen) atoms. The van der Waals surface area contributed by atoms with E-state index < -0.39 is 6.10 Å². The van der Waals surface area contributed by atoms with E-state index >= 15 is 0 Å². The van der Waals surface area contributed by atoms with Crippen LogP contribution in [0.25, 0.3) is 0 Å². The second-order valence-electron chi connectivity index (χ2n) is 5.86. The molecule has 102 valence electrons. The fraction of sp³-hybridized carbons (Fsp3) is 0.571. The molecule has 1 amide bonds. The Balaban J connectivity index is 1.96. The number of hydrogen-bond donors (Lipinski definition) is 2. The molecule has 0 aromatic carbocycles. The highest BCUT2D eigenvalue weighted by molar-refractivity contribution is 5.93. The van der Waals surface area contributed by atoms with E-state index in [-0.39, 0.29) is 23.4 Å². The zero-order chi connectivity index (χ0) is 14.0. The molecule has 0 bridgehead atoms. The molecule has 0 radical (unpaired) electrons. The van der Waals surface area contributed by atoms with Crippen LogP contribution in [0.5, 0.6) is 0 Å². The van der Waals surface area contributed by atoms with Gasteiger partial charge in [-0.2, -0.15) is 5.10 Å². The number of aliphatic hydroxyl groups excluding tert-OH is 1. The van der Waals surface area contributed by atoms with Gasteiger partial charge in [0.05, 0.1) is 18.2 Å². The molecule has 1 heterocycles. The average molecular weight is 261 g/mol. The Morgan fingerprint density at radius 2 is 2.26 bits per heavy atom. The molecule has 1 aromatic heterocycles. The number of aromatic nitrogens is 2. The van der Waals surface area contributed by atoms with Crippen LogP contribution in [-0.2, 0) is 4.79 Å². The molecule has 1 aromatic rings. The third kappa shape index (κ3) is 3.36. The van der Waals surface area contributed by atoms with Crippen molar-refractivity contribution in [3.63, 3.8) is 0 Å². The van der Waals surface area contributed by atoms with Crippen molar-refractivity contribution in [2.75, 3.05) is 0 Å². The Bertz CT molecular complexity index is 505. The Labute approximate surface area is 113 Å². The second kappa shape index (κ2) is 5.06. The highest BCUT2D eigenvalue weighted by atomic mass is 16.3. The normalized spacial score (nSPS) is 26.0. The number of hydrogen-bond acceptors (Lipinski definition) is 3. The average Bonchev–Trinajstić information content (AvgIpc) is 2.77. The minimum Gasteiger partial charge on any atom is -0.391 e. The summed E-state index contributed by atoms with van der Waals surface area (Å²) >= 11 is 0. The minimum atomic E-state index is -0.472. The van der Waals surface area contributed by atoms with Crippen LogP contribution >= 0.6 is 0 Å². The number of aliphatic hydroxyl groups is 1. The van der Waals surface area contributed by atoms with Crippen LogP contribution in [0.1, 0.15) is 33.2 Å². The fourth-order valence-electron chi connectivity index (χ4n) is 2.02. The van der Waals surface area contributed by atoms with Gasteiger partial charge in [0.15, 0.2) is 0 Å². The molecule has 1 aliphatic rings. The van der Waals surface area contributed by atoms with Crippen molar-refractivity contribution in [2.45, 2.75) is 45.4 Å². The van der Waals surface area contributed by atoms with Crippen LogP contribution in [0.4, 0.5) is 0 Å². The first-order valence-corrected chi connectivity index (χ1v) is 6.38. The van der Waals surface area contributed by atoms with Crippen LogP contribution in [0.15, 0.2) is 18.5 Å². The summed E-state index contributed by atoms with van der Waals surface area (Å²) < 4.78 is 1.68. The molecule has 0 unspecified atom stereocenters. The molecule has 2 rings (SSSR count). The highest BCUT2D eigenvalue weighted by Gasteiger charge is 2.42. The van der Waals surface area contributed by atoms with Gasteiger partial charge in [0.1, 0.15) is 0 Å². The number of carbonyl (C=O) groups is 1. The summed E-state index contributed by atoms with van der Waals surface area (Å²) in [4.78, 5) is 11.7. The largest absolute Gasteiger partial charge is 0.391 e. The van der Waals surface area contributed by atoms with Gasteiger partial charge in [-0.1, -0.05) is 5.92 Å². The molecule has 1 fully saturated rings. The quantitative estimate of drug-likeness (QED) is 0.771. The maximum atomic E-state index is 11.7. The first-order chi connectivity index (χ1) is 8.87. The molecule has 3 atom stereocenters. The lowest BCUT2D eigenvalue weighted by Crippen LogP contribution is -2.55. The van der Waals surface area contributed by atoms with E-state index in [2.05, 4.69) is 22.3 Å². The van der Waals surface area contributed by atoms with Gasteiger partial charge in [0, 0.05) is 17.8 Å². The van der Waals surface area contributed by atoms with E-state index in [9.17, 15) is 9.90 Å². The predicted molar refractivity (Wildman–Crippen MR) is 71.0 cm³/mol. The molecule has 0 spiro atoms. The maximum Gasteiger partial charge on any atom is 0.296 e. The number of amides is 1. The smallest absolute Gasteiger partial charge is 0.296 e. The summed E-state index contributed by atoms with van der Waals surface area (Å²) in [5, 5.41) is 16.7. The molecule has 0 aliphatic heterocycles. The maximum absolute atomic E-state index is 11.7. The van der Waals surface area contributed by atoms with Gasteiger partial charge in [0.25, 0.3) is 5.91 Å². The van der Waals surface area contributed by atoms with Gasteiger partial charge in [0.2, 0.25) is 0 Å². The van der Waals surface area contributed by atoms with E-state index in [0.29, 0.717) is 6.42 Å².